The van der Waals surface area contributed by atoms with Crippen molar-refractivity contribution in [3.63, 3.8) is 0 Å². The van der Waals surface area contributed by atoms with Crippen LogP contribution < -0.4 is 0 Å². The van der Waals surface area contributed by atoms with Crippen molar-refractivity contribution in [2.75, 3.05) is 0 Å². The molecule has 0 spiro atoms. The van der Waals surface area contributed by atoms with E-state index in [2.05, 4.69) is 26.0 Å². The first-order chi connectivity index (χ1) is 8.56. The van der Waals surface area contributed by atoms with E-state index >= 15 is 0 Å². The van der Waals surface area contributed by atoms with E-state index in [0.717, 1.165) is 22.4 Å². The first-order valence-corrected chi connectivity index (χ1v) is 7.78. The van der Waals surface area contributed by atoms with Crippen molar-refractivity contribution in [1.29, 1.82) is 0 Å². The van der Waals surface area contributed by atoms with Gasteiger partial charge in [-0.3, -0.25) is 0 Å². The second kappa shape index (κ2) is 4.72. The van der Waals surface area contributed by atoms with E-state index in [0.29, 0.717) is 5.92 Å². The summed E-state index contributed by atoms with van der Waals surface area (Å²) in [6.45, 7) is 4.24. The number of alkyl halides is 1. The summed E-state index contributed by atoms with van der Waals surface area (Å²) in [6, 6.07) is 4.26. The third-order valence-corrected chi connectivity index (χ3v) is 5.96. The van der Waals surface area contributed by atoms with Gasteiger partial charge in [0.05, 0.1) is 5.38 Å². The average molecular weight is 283 g/mol. The zero-order chi connectivity index (χ0) is 12.9. The van der Waals surface area contributed by atoms with Crippen LogP contribution in [0.4, 0.5) is 0 Å². The number of rotatable bonds is 2. The lowest BCUT2D eigenvalue weighted by Crippen LogP contribution is -2.16. The van der Waals surface area contributed by atoms with Gasteiger partial charge in [-0.1, -0.05) is 24.1 Å². The molecule has 4 atom stereocenters. The highest BCUT2D eigenvalue weighted by Crippen LogP contribution is 2.55. The number of benzene rings is 1. The lowest BCUT2D eigenvalue weighted by Gasteiger charge is -2.27. The summed E-state index contributed by atoms with van der Waals surface area (Å²) in [5.74, 6) is 2.42. The van der Waals surface area contributed by atoms with Crippen LogP contribution in [0.5, 0.6) is 0 Å². The van der Waals surface area contributed by atoms with Crippen molar-refractivity contribution in [3.8, 4) is 0 Å². The molecule has 2 aliphatic carbocycles. The highest BCUT2D eigenvalue weighted by atomic mass is 35.5. The largest absolute Gasteiger partial charge is 0.117 e. The van der Waals surface area contributed by atoms with E-state index in [4.69, 9.17) is 23.2 Å². The van der Waals surface area contributed by atoms with Gasteiger partial charge in [-0.05, 0) is 73.6 Å². The van der Waals surface area contributed by atoms with Crippen LogP contribution >= 0.6 is 23.2 Å². The van der Waals surface area contributed by atoms with E-state index < -0.39 is 0 Å². The number of aryl methyl sites for hydroxylation is 2. The standard InChI is InChI=1S/C16H20Cl2/c1-9-5-14(15(17)6-10(9)2)16(18)13-8-11-3-4-12(13)7-11/h5-6,11-13,16H,3-4,7-8H2,1-2H3. The monoisotopic (exact) mass is 282 g/mol. The third-order valence-electron chi connectivity index (χ3n) is 5.08. The van der Waals surface area contributed by atoms with Crippen molar-refractivity contribution in [2.24, 2.45) is 17.8 Å². The van der Waals surface area contributed by atoms with E-state index in [1.165, 1.54) is 36.8 Å². The second-order valence-corrected chi connectivity index (χ2v) is 7.08. The van der Waals surface area contributed by atoms with E-state index in [1.54, 1.807) is 0 Å². The Hall–Kier alpha value is -0.200. The minimum Gasteiger partial charge on any atom is -0.117 e. The molecule has 4 unspecified atom stereocenters. The van der Waals surface area contributed by atoms with Gasteiger partial charge in [0.15, 0.2) is 0 Å². The minimum absolute atomic E-state index is 0.104. The third kappa shape index (κ3) is 2.08. The molecule has 0 N–H and O–H groups in total. The molecule has 3 rings (SSSR count). The van der Waals surface area contributed by atoms with Crippen LogP contribution in [-0.4, -0.2) is 0 Å². The highest BCUT2D eigenvalue weighted by molar-refractivity contribution is 6.33. The molecule has 98 valence electrons. The fourth-order valence-electron chi connectivity index (χ4n) is 3.90. The zero-order valence-corrected chi connectivity index (χ0v) is 12.6. The summed E-state index contributed by atoms with van der Waals surface area (Å²) >= 11 is 13.1. The van der Waals surface area contributed by atoms with Crippen LogP contribution in [0.2, 0.25) is 5.02 Å². The van der Waals surface area contributed by atoms with Crippen molar-refractivity contribution < 1.29 is 0 Å². The highest BCUT2D eigenvalue weighted by Gasteiger charge is 2.43. The Kier molecular flexibility index (Phi) is 3.36. The molecule has 2 saturated carbocycles. The van der Waals surface area contributed by atoms with Crippen LogP contribution in [0.25, 0.3) is 0 Å². The molecule has 1 aromatic rings. The maximum atomic E-state index is 6.75. The predicted octanol–water partition coefficient (Wildman–Crippen LogP) is 5.67. The van der Waals surface area contributed by atoms with Crippen molar-refractivity contribution >= 4 is 23.2 Å². The Balaban J connectivity index is 1.88. The lowest BCUT2D eigenvalue weighted by atomic mass is 9.83. The molecular formula is C16H20Cl2. The van der Waals surface area contributed by atoms with E-state index in [9.17, 15) is 0 Å². The van der Waals surface area contributed by atoms with E-state index in [-0.39, 0.29) is 5.38 Å². The van der Waals surface area contributed by atoms with Gasteiger partial charge in [-0.2, -0.15) is 0 Å². The summed E-state index contributed by atoms with van der Waals surface area (Å²) < 4.78 is 0. The van der Waals surface area contributed by atoms with Gasteiger partial charge in [0.2, 0.25) is 0 Å². The van der Waals surface area contributed by atoms with Gasteiger partial charge in [-0.25, -0.2) is 0 Å². The number of fused-ring (bicyclic) bond motifs is 2. The molecule has 0 amide bonds. The second-order valence-electron chi connectivity index (χ2n) is 6.20. The molecule has 18 heavy (non-hydrogen) atoms. The van der Waals surface area contributed by atoms with Gasteiger partial charge >= 0.3 is 0 Å². The Bertz CT molecular complexity index is 466. The van der Waals surface area contributed by atoms with Crippen LogP contribution in [0.15, 0.2) is 12.1 Å². The Morgan fingerprint density at radius 2 is 1.83 bits per heavy atom. The fourth-order valence-corrected chi connectivity index (χ4v) is 4.78. The molecule has 0 saturated heterocycles. The van der Waals surface area contributed by atoms with Gasteiger partial charge in [0.1, 0.15) is 0 Å². The molecule has 2 bridgehead atoms. The number of halogens is 2. The predicted molar refractivity (Wildman–Crippen MR) is 78.5 cm³/mol. The molecule has 0 aromatic heterocycles. The van der Waals surface area contributed by atoms with Crippen LogP contribution in [0, 0.1) is 31.6 Å². The molecule has 0 aliphatic heterocycles. The first kappa shape index (κ1) is 12.8. The smallest absolute Gasteiger partial charge is 0.0630 e. The molecule has 2 fully saturated rings. The average Bonchev–Trinajstić information content (AvgIpc) is 2.95. The normalized spacial score (nSPS) is 31.9. The van der Waals surface area contributed by atoms with E-state index in [1.807, 2.05) is 0 Å². The summed E-state index contributed by atoms with van der Waals surface area (Å²) in [7, 11) is 0. The summed E-state index contributed by atoms with van der Waals surface area (Å²) in [5.41, 5.74) is 3.70. The van der Waals surface area contributed by atoms with Gasteiger partial charge in [0.25, 0.3) is 0 Å². The number of hydrogen-bond acceptors (Lipinski definition) is 0. The summed E-state index contributed by atoms with van der Waals surface area (Å²) in [6.07, 6.45) is 5.50. The minimum atomic E-state index is 0.104. The molecule has 1 aromatic carbocycles. The molecule has 2 heteroatoms. The van der Waals surface area contributed by atoms with Crippen molar-refractivity contribution in [1.82, 2.24) is 0 Å². The maximum Gasteiger partial charge on any atom is 0.0630 e. The lowest BCUT2D eigenvalue weighted by molar-refractivity contribution is 0.323. The molecule has 2 aliphatic rings. The van der Waals surface area contributed by atoms with Crippen LogP contribution in [-0.2, 0) is 0 Å². The first-order valence-electron chi connectivity index (χ1n) is 6.97. The van der Waals surface area contributed by atoms with Crippen molar-refractivity contribution in [2.45, 2.75) is 44.9 Å². The van der Waals surface area contributed by atoms with Gasteiger partial charge in [-0.15, -0.1) is 11.6 Å². The molecule has 0 radical (unpaired) electrons. The fraction of sp³-hybridized carbons (Fsp3) is 0.625. The molecule has 0 heterocycles. The molecule has 0 nitrogen and oxygen atoms in total. The number of hydrogen-bond donors (Lipinski definition) is 0. The van der Waals surface area contributed by atoms with Crippen LogP contribution in [0.1, 0.15) is 47.8 Å². The SMILES string of the molecule is Cc1cc(Cl)c(C(Cl)C2CC3CCC2C3)cc1C. The Morgan fingerprint density at radius 3 is 2.44 bits per heavy atom. The zero-order valence-electron chi connectivity index (χ0n) is 11.0. The summed E-state index contributed by atoms with van der Waals surface area (Å²) in [4.78, 5) is 0. The van der Waals surface area contributed by atoms with Gasteiger partial charge < -0.3 is 0 Å². The summed E-state index contributed by atoms with van der Waals surface area (Å²) in [5, 5.41) is 0.952. The van der Waals surface area contributed by atoms with Crippen molar-refractivity contribution in [3.05, 3.63) is 33.8 Å². The Morgan fingerprint density at radius 1 is 1.11 bits per heavy atom. The quantitative estimate of drug-likeness (QED) is 0.613. The Labute approximate surface area is 120 Å². The maximum absolute atomic E-state index is 6.75. The van der Waals surface area contributed by atoms with Gasteiger partial charge in [0, 0.05) is 5.02 Å². The molecular weight excluding hydrogens is 263 g/mol. The van der Waals surface area contributed by atoms with Crippen LogP contribution in [0.3, 0.4) is 0 Å². The topological polar surface area (TPSA) is 0 Å².